The molecule has 4 nitrogen and oxygen atoms in total. The van der Waals surface area contributed by atoms with Crippen molar-refractivity contribution in [2.45, 2.75) is 12.6 Å². The first-order chi connectivity index (χ1) is 8.81. The fourth-order valence-electron chi connectivity index (χ4n) is 1.47. The number of carbonyl (C=O) groups excluding carboxylic acids is 1. The summed E-state index contributed by atoms with van der Waals surface area (Å²) in [6.45, 7) is 0.445. The Morgan fingerprint density at radius 2 is 1.89 bits per heavy atom. The van der Waals surface area contributed by atoms with Crippen molar-refractivity contribution in [3.8, 4) is 0 Å². The Bertz CT molecular complexity index is 418. The average Bonchev–Trinajstić information content (AvgIpc) is 2.27. The number of carbonyl (C=O) groups is 1. The van der Waals surface area contributed by atoms with E-state index in [2.05, 4.69) is 5.32 Å². The summed E-state index contributed by atoms with van der Waals surface area (Å²) in [4.78, 5) is 12.9. The molecule has 0 aliphatic heterocycles. The van der Waals surface area contributed by atoms with Crippen molar-refractivity contribution in [3.05, 3.63) is 24.3 Å². The van der Waals surface area contributed by atoms with Crippen LogP contribution >= 0.6 is 0 Å². The quantitative estimate of drug-likeness (QED) is 0.865. The highest BCUT2D eigenvalue weighted by molar-refractivity contribution is 5.91. The molecule has 2 N–H and O–H groups in total. The average molecular weight is 276 g/mol. The molecule has 0 aliphatic rings. The Hall–Kier alpha value is -1.76. The van der Waals surface area contributed by atoms with E-state index >= 15 is 0 Å². The molecule has 0 aliphatic carbocycles. The van der Waals surface area contributed by atoms with Crippen LogP contribution < -0.4 is 10.2 Å². The minimum atomic E-state index is -4.51. The van der Waals surface area contributed by atoms with Gasteiger partial charge in [0.2, 0.25) is 5.91 Å². The van der Waals surface area contributed by atoms with Gasteiger partial charge in [0.25, 0.3) is 0 Å². The summed E-state index contributed by atoms with van der Waals surface area (Å²) in [5.41, 5.74) is 1.10. The lowest BCUT2D eigenvalue weighted by atomic mass is 10.2. The maximum absolute atomic E-state index is 12.0. The number of benzene rings is 1. The number of aliphatic hydroxyl groups excluding tert-OH is 1. The predicted octanol–water partition coefficient (Wildman–Crippen LogP) is 2.01. The van der Waals surface area contributed by atoms with E-state index < -0.39 is 18.5 Å². The highest BCUT2D eigenvalue weighted by atomic mass is 19.4. The van der Waals surface area contributed by atoms with Crippen molar-refractivity contribution in [1.29, 1.82) is 0 Å². The van der Waals surface area contributed by atoms with Crippen LogP contribution in [0.25, 0.3) is 0 Å². The SMILES string of the molecule is CN(CCO)c1ccc(NC(=O)CC(F)(F)F)cc1. The summed E-state index contributed by atoms with van der Waals surface area (Å²) in [5, 5.41) is 10.9. The lowest BCUT2D eigenvalue weighted by molar-refractivity contribution is -0.150. The molecule has 0 atom stereocenters. The van der Waals surface area contributed by atoms with Crippen molar-refractivity contribution in [3.63, 3.8) is 0 Å². The van der Waals surface area contributed by atoms with E-state index in [0.29, 0.717) is 12.2 Å². The number of nitrogens with zero attached hydrogens (tertiary/aromatic N) is 1. The molecule has 0 aromatic heterocycles. The first kappa shape index (κ1) is 15.3. The van der Waals surface area contributed by atoms with Crippen LogP contribution in [0.5, 0.6) is 0 Å². The van der Waals surface area contributed by atoms with Crippen LogP contribution in [0.3, 0.4) is 0 Å². The Morgan fingerprint density at radius 1 is 1.32 bits per heavy atom. The van der Waals surface area contributed by atoms with E-state index in [1.807, 2.05) is 0 Å². The maximum Gasteiger partial charge on any atom is 0.397 e. The van der Waals surface area contributed by atoms with Gasteiger partial charge in [-0.1, -0.05) is 0 Å². The number of rotatable bonds is 5. The van der Waals surface area contributed by atoms with E-state index in [-0.39, 0.29) is 6.61 Å². The lowest BCUT2D eigenvalue weighted by Gasteiger charge is -2.18. The normalized spacial score (nSPS) is 11.2. The van der Waals surface area contributed by atoms with Crippen molar-refractivity contribution < 1.29 is 23.1 Å². The molecule has 0 bridgehead atoms. The summed E-state index contributed by atoms with van der Waals surface area (Å²) in [5.74, 6) is -1.09. The zero-order valence-electron chi connectivity index (χ0n) is 10.4. The molecule has 0 saturated carbocycles. The van der Waals surface area contributed by atoms with Crippen molar-refractivity contribution in [2.75, 3.05) is 30.4 Å². The molecule has 0 saturated heterocycles. The highest BCUT2D eigenvalue weighted by Crippen LogP contribution is 2.21. The number of halogens is 3. The molecule has 0 fully saturated rings. The minimum Gasteiger partial charge on any atom is -0.395 e. The van der Waals surface area contributed by atoms with E-state index in [0.717, 1.165) is 5.69 Å². The molecule has 0 heterocycles. The first-order valence-corrected chi connectivity index (χ1v) is 5.60. The predicted molar refractivity (Wildman–Crippen MR) is 66.1 cm³/mol. The van der Waals surface area contributed by atoms with Crippen LogP contribution in [0.4, 0.5) is 24.5 Å². The molecule has 0 spiro atoms. The van der Waals surface area contributed by atoms with E-state index in [4.69, 9.17) is 5.11 Å². The Labute approximate surface area is 108 Å². The number of hydrogen-bond donors (Lipinski definition) is 2. The van der Waals surface area contributed by atoms with Gasteiger partial charge in [0, 0.05) is 25.0 Å². The smallest absolute Gasteiger partial charge is 0.395 e. The van der Waals surface area contributed by atoms with Gasteiger partial charge in [-0.3, -0.25) is 4.79 Å². The van der Waals surface area contributed by atoms with Crippen molar-refractivity contribution >= 4 is 17.3 Å². The zero-order chi connectivity index (χ0) is 14.5. The van der Waals surface area contributed by atoms with Crippen LogP contribution in [-0.2, 0) is 4.79 Å². The summed E-state index contributed by atoms with van der Waals surface area (Å²) in [6.07, 6.45) is -6.01. The molecule has 7 heteroatoms. The fourth-order valence-corrected chi connectivity index (χ4v) is 1.47. The number of hydrogen-bond acceptors (Lipinski definition) is 3. The van der Waals surface area contributed by atoms with Crippen LogP contribution in [0, 0.1) is 0 Å². The number of amides is 1. The van der Waals surface area contributed by atoms with Crippen molar-refractivity contribution in [1.82, 2.24) is 0 Å². The van der Waals surface area contributed by atoms with Gasteiger partial charge in [-0.05, 0) is 24.3 Å². The van der Waals surface area contributed by atoms with Gasteiger partial charge >= 0.3 is 6.18 Å². The lowest BCUT2D eigenvalue weighted by Crippen LogP contribution is -2.22. The Kier molecular flexibility index (Phi) is 5.17. The molecule has 19 heavy (non-hydrogen) atoms. The second kappa shape index (κ2) is 6.42. The van der Waals surface area contributed by atoms with Gasteiger partial charge in [-0.15, -0.1) is 0 Å². The summed E-state index contributed by atoms with van der Waals surface area (Å²) in [6, 6.07) is 6.33. The minimum absolute atomic E-state index is 0.000565. The molecule has 1 rings (SSSR count). The van der Waals surface area contributed by atoms with Crippen LogP contribution in [0.2, 0.25) is 0 Å². The Morgan fingerprint density at radius 3 is 2.37 bits per heavy atom. The summed E-state index contributed by atoms with van der Waals surface area (Å²) < 4.78 is 35.9. The molecule has 0 unspecified atom stereocenters. The fraction of sp³-hybridized carbons (Fsp3) is 0.417. The monoisotopic (exact) mass is 276 g/mol. The number of alkyl halides is 3. The first-order valence-electron chi connectivity index (χ1n) is 5.60. The van der Waals surface area contributed by atoms with Crippen molar-refractivity contribution in [2.24, 2.45) is 0 Å². The van der Waals surface area contributed by atoms with Crippen LogP contribution in [-0.4, -0.2) is 37.4 Å². The van der Waals surface area contributed by atoms with Gasteiger partial charge in [0.1, 0.15) is 6.42 Å². The highest BCUT2D eigenvalue weighted by Gasteiger charge is 2.31. The largest absolute Gasteiger partial charge is 0.397 e. The summed E-state index contributed by atoms with van der Waals surface area (Å²) in [7, 11) is 1.77. The molecular formula is C12H15F3N2O2. The van der Waals surface area contributed by atoms with E-state index in [1.54, 1.807) is 24.1 Å². The molecule has 1 aromatic carbocycles. The van der Waals surface area contributed by atoms with Gasteiger partial charge in [-0.25, -0.2) is 0 Å². The standard InChI is InChI=1S/C12H15F3N2O2/c1-17(6-7-18)10-4-2-9(3-5-10)16-11(19)8-12(13,14)15/h2-5,18H,6-8H2,1H3,(H,16,19). The van der Waals surface area contributed by atoms with Gasteiger partial charge < -0.3 is 15.3 Å². The second-order valence-corrected chi connectivity index (χ2v) is 4.03. The van der Waals surface area contributed by atoms with Crippen LogP contribution in [0.15, 0.2) is 24.3 Å². The summed E-state index contributed by atoms with van der Waals surface area (Å²) >= 11 is 0. The number of aliphatic hydroxyl groups is 1. The third-order valence-electron chi connectivity index (χ3n) is 2.39. The maximum atomic E-state index is 12.0. The van der Waals surface area contributed by atoms with Gasteiger partial charge in [0.15, 0.2) is 0 Å². The zero-order valence-corrected chi connectivity index (χ0v) is 10.4. The molecule has 1 aromatic rings. The third-order valence-corrected chi connectivity index (χ3v) is 2.39. The molecule has 1 amide bonds. The topological polar surface area (TPSA) is 52.6 Å². The Balaban J connectivity index is 2.59. The number of likely N-dealkylation sites (N-methyl/N-ethyl adjacent to an activating group) is 1. The molecule has 106 valence electrons. The van der Waals surface area contributed by atoms with E-state index in [9.17, 15) is 18.0 Å². The van der Waals surface area contributed by atoms with E-state index in [1.165, 1.54) is 12.1 Å². The molecular weight excluding hydrogens is 261 g/mol. The molecule has 0 radical (unpaired) electrons. The second-order valence-electron chi connectivity index (χ2n) is 4.03. The van der Waals surface area contributed by atoms with Gasteiger partial charge in [0.05, 0.1) is 6.61 Å². The van der Waals surface area contributed by atoms with Gasteiger partial charge in [-0.2, -0.15) is 13.2 Å². The van der Waals surface area contributed by atoms with Crippen LogP contribution in [0.1, 0.15) is 6.42 Å². The number of nitrogens with one attached hydrogen (secondary N) is 1. The number of anilines is 2. The third kappa shape index (κ3) is 5.60.